The van der Waals surface area contributed by atoms with E-state index in [0.717, 1.165) is 15.6 Å². The molecule has 0 amide bonds. The number of nitrogens with two attached hydrogens (primary N) is 1. The van der Waals surface area contributed by atoms with Crippen LogP contribution < -0.4 is 5.73 Å². The molecule has 0 saturated carbocycles. The van der Waals surface area contributed by atoms with Crippen molar-refractivity contribution in [2.75, 3.05) is 0 Å². The zero-order chi connectivity index (χ0) is 11.6. The van der Waals surface area contributed by atoms with Gasteiger partial charge in [0.15, 0.2) is 0 Å². The molecule has 2 aromatic rings. The lowest BCUT2D eigenvalue weighted by Gasteiger charge is -2.26. The van der Waals surface area contributed by atoms with Crippen LogP contribution in [0.25, 0.3) is 0 Å². The lowest BCUT2D eigenvalue weighted by molar-refractivity contribution is 0.597. The maximum atomic E-state index is 6.39. The number of aromatic nitrogens is 1. The van der Waals surface area contributed by atoms with Gasteiger partial charge in [-0.1, -0.05) is 40.2 Å². The van der Waals surface area contributed by atoms with E-state index in [-0.39, 0.29) is 0 Å². The highest BCUT2D eigenvalue weighted by atomic mass is 79.9. The van der Waals surface area contributed by atoms with Gasteiger partial charge in [0.05, 0.1) is 5.54 Å². The number of rotatable bonds is 2. The first-order chi connectivity index (χ1) is 7.62. The molecule has 16 heavy (non-hydrogen) atoms. The van der Waals surface area contributed by atoms with E-state index in [1.54, 1.807) is 12.4 Å². The standard InChI is InChI=1S/C13H13BrN2/c1-13(15,10-5-4-8-16-9-10)11-6-2-3-7-12(11)14/h2-9H,15H2,1H3. The Kier molecular flexibility index (Phi) is 3.08. The number of hydrogen-bond acceptors (Lipinski definition) is 2. The Hall–Kier alpha value is -1.19. The predicted octanol–water partition coefficient (Wildman–Crippen LogP) is 3.07. The molecule has 0 bridgehead atoms. The van der Waals surface area contributed by atoms with Crippen LogP contribution in [0.4, 0.5) is 0 Å². The third-order valence-corrected chi connectivity index (χ3v) is 3.39. The summed E-state index contributed by atoms with van der Waals surface area (Å²) in [7, 11) is 0. The van der Waals surface area contributed by atoms with Crippen LogP contribution in [-0.4, -0.2) is 4.98 Å². The minimum atomic E-state index is -0.533. The summed E-state index contributed by atoms with van der Waals surface area (Å²) in [5.41, 5.74) is 7.92. The van der Waals surface area contributed by atoms with Gasteiger partial charge in [-0.25, -0.2) is 0 Å². The fourth-order valence-corrected chi connectivity index (χ4v) is 2.40. The molecule has 0 aliphatic rings. The van der Waals surface area contributed by atoms with Crippen molar-refractivity contribution in [1.29, 1.82) is 0 Å². The maximum Gasteiger partial charge on any atom is 0.0663 e. The normalized spacial score (nSPS) is 14.4. The number of halogens is 1. The third kappa shape index (κ3) is 2.01. The van der Waals surface area contributed by atoms with Gasteiger partial charge in [0, 0.05) is 16.9 Å². The van der Waals surface area contributed by atoms with Gasteiger partial charge in [-0.3, -0.25) is 4.98 Å². The average Bonchev–Trinajstić information content (AvgIpc) is 2.30. The van der Waals surface area contributed by atoms with Crippen LogP contribution in [0, 0.1) is 0 Å². The maximum absolute atomic E-state index is 6.39. The van der Waals surface area contributed by atoms with Crippen molar-refractivity contribution in [3.8, 4) is 0 Å². The minimum Gasteiger partial charge on any atom is -0.318 e. The van der Waals surface area contributed by atoms with Gasteiger partial charge in [0.1, 0.15) is 0 Å². The number of nitrogens with zero attached hydrogens (tertiary/aromatic N) is 1. The van der Waals surface area contributed by atoms with Crippen molar-refractivity contribution in [3.63, 3.8) is 0 Å². The zero-order valence-electron chi connectivity index (χ0n) is 9.02. The van der Waals surface area contributed by atoms with Gasteiger partial charge >= 0.3 is 0 Å². The topological polar surface area (TPSA) is 38.9 Å². The van der Waals surface area contributed by atoms with E-state index in [0.29, 0.717) is 0 Å². The monoisotopic (exact) mass is 276 g/mol. The summed E-state index contributed by atoms with van der Waals surface area (Å²) in [6, 6.07) is 11.9. The molecule has 82 valence electrons. The van der Waals surface area contributed by atoms with Crippen molar-refractivity contribution in [2.24, 2.45) is 5.73 Å². The summed E-state index contributed by atoms with van der Waals surface area (Å²) in [4.78, 5) is 4.11. The van der Waals surface area contributed by atoms with Crippen molar-refractivity contribution < 1.29 is 0 Å². The fourth-order valence-electron chi connectivity index (χ4n) is 1.71. The van der Waals surface area contributed by atoms with Crippen LogP contribution in [0.2, 0.25) is 0 Å². The molecule has 0 aliphatic carbocycles. The second-order valence-corrected chi connectivity index (χ2v) is 4.78. The molecule has 0 saturated heterocycles. The summed E-state index contributed by atoms with van der Waals surface area (Å²) < 4.78 is 1.02. The van der Waals surface area contributed by atoms with Crippen molar-refractivity contribution in [2.45, 2.75) is 12.5 Å². The van der Waals surface area contributed by atoms with Crippen LogP contribution in [-0.2, 0) is 5.54 Å². The van der Waals surface area contributed by atoms with E-state index in [4.69, 9.17) is 5.73 Å². The largest absolute Gasteiger partial charge is 0.318 e. The summed E-state index contributed by atoms with van der Waals surface area (Å²) in [5.74, 6) is 0. The summed E-state index contributed by atoms with van der Waals surface area (Å²) in [6.07, 6.45) is 3.55. The zero-order valence-corrected chi connectivity index (χ0v) is 10.6. The van der Waals surface area contributed by atoms with Crippen molar-refractivity contribution >= 4 is 15.9 Å². The summed E-state index contributed by atoms with van der Waals surface area (Å²) in [6.45, 7) is 1.99. The molecule has 2 rings (SSSR count). The molecule has 2 nitrogen and oxygen atoms in total. The SMILES string of the molecule is CC(N)(c1cccnc1)c1ccccc1Br. The molecule has 2 N–H and O–H groups in total. The second kappa shape index (κ2) is 4.36. The average molecular weight is 277 g/mol. The first-order valence-electron chi connectivity index (χ1n) is 5.07. The smallest absolute Gasteiger partial charge is 0.0663 e. The Balaban J connectivity index is 2.51. The molecule has 1 atom stereocenters. The molecular formula is C13H13BrN2. The Morgan fingerprint density at radius 1 is 1.19 bits per heavy atom. The van der Waals surface area contributed by atoms with Gasteiger partial charge in [0.2, 0.25) is 0 Å². The quantitative estimate of drug-likeness (QED) is 0.916. The number of pyridine rings is 1. The molecule has 0 aliphatic heterocycles. The van der Waals surface area contributed by atoms with Gasteiger partial charge in [-0.2, -0.15) is 0 Å². The molecule has 0 fully saturated rings. The Morgan fingerprint density at radius 3 is 2.56 bits per heavy atom. The Morgan fingerprint density at radius 2 is 1.94 bits per heavy atom. The van der Waals surface area contributed by atoms with Crippen LogP contribution in [0.15, 0.2) is 53.3 Å². The molecule has 0 radical (unpaired) electrons. The number of hydrogen-bond donors (Lipinski definition) is 1. The van der Waals surface area contributed by atoms with Gasteiger partial charge in [0.25, 0.3) is 0 Å². The first-order valence-corrected chi connectivity index (χ1v) is 5.86. The van der Waals surface area contributed by atoms with Crippen molar-refractivity contribution in [3.05, 3.63) is 64.4 Å². The van der Waals surface area contributed by atoms with Crippen LogP contribution in [0.1, 0.15) is 18.1 Å². The predicted molar refractivity (Wildman–Crippen MR) is 69.0 cm³/mol. The molecule has 1 aromatic carbocycles. The minimum absolute atomic E-state index is 0.533. The highest BCUT2D eigenvalue weighted by molar-refractivity contribution is 9.10. The molecule has 0 spiro atoms. The molecule has 1 heterocycles. The number of benzene rings is 1. The lowest BCUT2D eigenvalue weighted by Crippen LogP contribution is -2.34. The van der Waals surface area contributed by atoms with Crippen molar-refractivity contribution in [1.82, 2.24) is 4.98 Å². The molecule has 1 aromatic heterocycles. The van der Waals surface area contributed by atoms with Gasteiger partial charge in [-0.05, 0) is 30.2 Å². The molecule has 1 unspecified atom stereocenters. The van der Waals surface area contributed by atoms with E-state index in [1.165, 1.54) is 0 Å². The Bertz CT molecular complexity index is 480. The van der Waals surface area contributed by atoms with Crippen LogP contribution in [0.5, 0.6) is 0 Å². The van der Waals surface area contributed by atoms with E-state index in [9.17, 15) is 0 Å². The fraction of sp³-hybridized carbons (Fsp3) is 0.154. The second-order valence-electron chi connectivity index (χ2n) is 3.92. The molecular weight excluding hydrogens is 264 g/mol. The first kappa shape index (κ1) is 11.3. The molecule has 3 heteroatoms. The highest BCUT2D eigenvalue weighted by Crippen LogP contribution is 2.31. The lowest BCUT2D eigenvalue weighted by atomic mass is 9.87. The Labute approximate surface area is 104 Å². The van der Waals surface area contributed by atoms with E-state index < -0.39 is 5.54 Å². The van der Waals surface area contributed by atoms with Gasteiger partial charge < -0.3 is 5.73 Å². The summed E-state index contributed by atoms with van der Waals surface area (Å²) >= 11 is 3.53. The van der Waals surface area contributed by atoms with Crippen LogP contribution in [0.3, 0.4) is 0 Å². The van der Waals surface area contributed by atoms with E-state index >= 15 is 0 Å². The van der Waals surface area contributed by atoms with Crippen LogP contribution >= 0.6 is 15.9 Å². The van der Waals surface area contributed by atoms with E-state index in [1.807, 2.05) is 43.3 Å². The van der Waals surface area contributed by atoms with Gasteiger partial charge in [-0.15, -0.1) is 0 Å². The summed E-state index contributed by atoms with van der Waals surface area (Å²) in [5, 5.41) is 0. The third-order valence-electron chi connectivity index (χ3n) is 2.69. The highest BCUT2D eigenvalue weighted by Gasteiger charge is 2.25. The van der Waals surface area contributed by atoms with E-state index in [2.05, 4.69) is 20.9 Å².